The zero-order chi connectivity index (χ0) is 10.7. The molecule has 2 aliphatic rings. The van der Waals surface area contributed by atoms with E-state index in [4.69, 9.17) is 5.73 Å². The molecule has 1 saturated heterocycles. The maximum Gasteiger partial charge on any atom is 0.0154 e. The normalized spacial score (nSPS) is 31.2. The van der Waals surface area contributed by atoms with Gasteiger partial charge in [-0.05, 0) is 51.1 Å². The number of rotatable bonds is 4. The first-order valence-corrected chi connectivity index (χ1v) is 6.73. The molecule has 1 atom stereocenters. The third-order valence-electron chi connectivity index (χ3n) is 4.47. The van der Waals surface area contributed by atoms with Crippen LogP contribution in [0.5, 0.6) is 0 Å². The third kappa shape index (κ3) is 2.94. The summed E-state index contributed by atoms with van der Waals surface area (Å²) in [5.41, 5.74) is 6.61. The zero-order valence-corrected chi connectivity index (χ0v) is 10.2. The molecule has 0 aromatic heterocycles. The van der Waals surface area contributed by atoms with Gasteiger partial charge in [0.15, 0.2) is 0 Å². The Balaban J connectivity index is 1.70. The van der Waals surface area contributed by atoms with E-state index in [1.165, 1.54) is 64.6 Å². The molecule has 1 aliphatic carbocycles. The second kappa shape index (κ2) is 4.84. The lowest BCUT2D eigenvalue weighted by molar-refractivity contribution is 0.315. The number of nitrogens with zero attached hydrogens (tertiary/aromatic N) is 1. The molecule has 0 spiro atoms. The molecular weight excluding hydrogens is 184 g/mol. The van der Waals surface area contributed by atoms with Crippen LogP contribution in [0, 0.1) is 5.92 Å². The minimum absolute atomic E-state index is 0.222. The smallest absolute Gasteiger partial charge is 0.0154 e. The van der Waals surface area contributed by atoms with E-state index in [1.807, 2.05) is 0 Å². The minimum Gasteiger partial charge on any atom is -0.325 e. The predicted molar refractivity (Wildman–Crippen MR) is 64.8 cm³/mol. The first-order chi connectivity index (χ1) is 7.22. The summed E-state index contributed by atoms with van der Waals surface area (Å²) in [6, 6.07) is 0. The molecular formula is C13H26N2. The van der Waals surface area contributed by atoms with Crippen LogP contribution in [0.15, 0.2) is 0 Å². The molecule has 2 nitrogen and oxygen atoms in total. The molecule has 1 aliphatic heterocycles. The fourth-order valence-electron chi connectivity index (χ4n) is 3.26. The van der Waals surface area contributed by atoms with Crippen LogP contribution in [0.2, 0.25) is 0 Å². The Morgan fingerprint density at radius 2 is 2.07 bits per heavy atom. The number of hydrogen-bond acceptors (Lipinski definition) is 2. The van der Waals surface area contributed by atoms with Crippen molar-refractivity contribution in [2.45, 2.75) is 57.4 Å². The summed E-state index contributed by atoms with van der Waals surface area (Å²) in [6.07, 6.45) is 9.32. The van der Waals surface area contributed by atoms with Crippen LogP contribution in [-0.2, 0) is 0 Å². The maximum absolute atomic E-state index is 6.39. The quantitative estimate of drug-likeness (QED) is 0.772. The van der Waals surface area contributed by atoms with E-state index in [1.54, 1.807) is 0 Å². The van der Waals surface area contributed by atoms with Crippen LogP contribution in [0.3, 0.4) is 0 Å². The highest BCUT2D eigenvalue weighted by atomic mass is 15.1. The van der Waals surface area contributed by atoms with Gasteiger partial charge < -0.3 is 10.6 Å². The molecule has 88 valence electrons. The van der Waals surface area contributed by atoms with Crippen LogP contribution in [0.4, 0.5) is 0 Å². The van der Waals surface area contributed by atoms with Gasteiger partial charge in [-0.25, -0.2) is 0 Å². The summed E-state index contributed by atoms with van der Waals surface area (Å²) < 4.78 is 0. The van der Waals surface area contributed by atoms with E-state index in [0.717, 1.165) is 5.92 Å². The monoisotopic (exact) mass is 210 g/mol. The van der Waals surface area contributed by atoms with Crippen LogP contribution < -0.4 is 5.73 Å². The molecule has 0 radical (unpaired) electrons. The van der Waals surface area contributed by atoms with Gasteiger partial charge in [0, 0.05) is 12.1 Å². The average molecular weight is 210 g/mol. The second-order valence-corrected chi connectivity index (χ2v) is 5.66. The van der Waals surface area contributed by atoms with Gasteiger partial charge in [0.2, 0.25) is 0 Å². The Kier molecular flexibility index (Phi) is 3.68. The Bertz CT molecular complexity index is 197. The van der Waals surface area contributed by atoms with E-state index >= 15 is 0 Å². The van der Waals surface area contributed by atoms with Crippen molar-refractivity contribution >= 4 is 0 Å². The molecule has 2 N–H and O–H groups in total. The van der Waals surface area contributed by atoms with Gasteiger partial charge in [-0.2, -0.15) is 0 Å². The molecule has 0 aromatic carbocycles. The standard InChI is InChI=1S/C13H26N2/c1-2-15-10-6-12(11-15)5-9-13(14)7-3-4-8-13/h12H,2-11,14H2,1H3. The van der Waals surface area contributed by atoms with Crippen molar-refractivity contribution in [1.82, 2.24) is 4.90 Å². The first-order valence-electron chi connectivity index (χ1n) is 6.73. The van der Waals surface area contributed by atoms with Crippen molar-refractivity contribution in [3.63, 3.8) is 0 Å². The predicted octanol–water partition coefficient (Wildman–Crippen LogP) is 2.38. The number of likely N-dealkylation sites (tertiary alicyclic amines) is 1. The maximum atomic E-state index is 6.39. The fourth-order valence-corrected chi connectivity index (χ4v) is 3.26. The average Bonchev–Trinajstić information content (AvgIpc) is 2.84. The summed E-state index contributed by atoms with van der Waals surface area (Å²) in [7, 11) is 0. The van der Waals surface area contributed by atoms with Gasteiger partial charge >= 0.3 is 0 Å². The highest BCUT2D eigenvalue weighted by Gasteiger charge is 2.31. The Labute approximate surface area is 94.2 Å². The van der Waals surface area contributed by atoms with Gasteiger partial charge in [-0.3, -0.25) is 0 Å². The van der Waals surface area contributed by atoms with Crippen molar-refractivity contribution < 1.29 is 0 Å². The van der Waals surface area contributed by atoms with Gasteiger partial charge in [0.25, 0.3) is 0 Å². The van der Waals surface area contributed by atoms with Gasteiger partial charge in [0.05, 0.1) is 0 Å². The lowest BCUT2D eigenvalue weighted by atomic mass is 9.88. The molecule has 0 bridgehead atoms. The molecule has 1 unspecified atom stereocenters. The van der Waals surface area contributed by atoms with Crippen molar-refractivity contribution in [3.8, 4) is 0 Å². The summed E-state index contributed by atoms with van der Waals surface area (Å²) in [4.78, 5) is 2.57. The topological polar surface area (TPSA) is 29.3 Å². The second-order valence-electron chi connectivity index (χ2n) is 5.66. The van der Waals surface area contributed by atoms with Crippen LogP contribution >= 0.6 is 0 Å². The summed E-state index contributed by atoms with van der Waals surface area (Å²) in [5.74, 6) is 0.936. The van der Waals surface area contributed by atoms with E-state index in [-0.39, 0.29) is 5.54 Å². The van der Waals surface area contributed by atoms with Gasteiger partial charge in [0.1, 0.15) is 0 Å². The van der Waals surface area contributed by atoms with Crippen LogP contribution in [0.1, 0.15) is 51.9 Å². The molecule has 0 amide bonds. The Morgan fingerprint density at radius 1 is 1.33 bits per heavy atom. The van der Waals surface area contributed by atoms with E-state index in [9.17, 15) is 0 Å². The highest BCUT2D eigenvalue weighted by Crippen LogP contribution is 2.33. The highest BCUT2D eigenvalue weighted by molar-refractivity contribution is 4.90. The third-order valence-corrected chi connectivity index (χ3v) is 4.47. The van der Waals surface area contributed by atoms with Gasteiger partial charge in [-0.15, -0.1) is 0 Å². The van der Waals surface area contributed by atoms with Gasteiger partial charge in [-0.1, -0.05) is 19.8 Å². The van der Waals surface area contributed by atoms with Crippen molar-refractivity contribution in [3.05, 3.63) is 0 Å². The van der Waals surface area contributed by atoms with E-state index in [2.05, 4.69) is 11.8 Å². The summed E-state index contributed by atoms with van der Waals surface area (Å²) in [6.45, 7) is 6.14. The zero-order valence-electron chi connectivity index (χ0n) is 10.2. The lowest BCUT2D eigenvalue weighted by Crippen LogP contribution is -2.36. The van der Waals surface area contributed by atoms with Crippen LogP contribution in [-0.4, -0.2) is 30.1 Å². The van der Waals surface area contributed by atoms with E-state index < -0.39 is 0 Å². The minimum atomic E-state index is 0.222. The fraction of sp³-hybridized carbons (Fsp3) is 1.00. The Morgan fingerprint density at radius 3 is 2.67 bits per heavy atom. The van der Waals surface area contributed by atoms with Crippen molar-refractivity contribution in [2.75, 3.05) is 19.6 Å². The number of nitrogens with two attached hydrogens (primary N) is 1. The molecule has 15 heavy (non-hydrogen) atoms. The first kappa shape index (κ1) is 11.4. The lowest BCUT2D eigenvalue weighted by Gasteiger charge is -2.25. The van der Waals surface area contributed by atoms with E-state index in [0.29, 0.717) is 0 Å². The van der Waals surface area contributed by atoms with Crippen molar-refractivity contribution in [1.29, 1.82) is 0 Å². The summed E-state index contributed by atoms with van der Waals surface area (Å²) >= 11 is 0. The summed E-state index contributed by atoms with van der Waals surface area (Å²) in [5, 5.41) is 0. The number of hydrogen-bond donors (Lipinski definition) is 1. The molecule has 1 heterocycles. The molecule has 2 heteroatoms. The SMILES string of the molecule is CCN1CCC(CCC2(N)CCCC2)C1. The largest absolute Gasteiger partial charge is 0.325 e. The molecule has 0 aromatic rings. The molecule has 2 rings (SSSR count). The van der Waals surface area contributed by atoms with Crippen molar-refractivity contribution in [2.24, 2.45) is 11.7 Å². The molecule has 2 fully saturated rings. The van der Waals surface area contributed by atoms with Crippen LogP contribution in [0.25, 0.3) is 0 Å². The Hall–Kier alpha value is -0.0800. The molecule has 1 saturated carbocycles.